The van der Waals surface area contributed by atoms with E-state index in [1.165, 1.54) is 16.7 Å². The Morgan fingerprint density at radius 1 is 0.966 bits per heavy atom. The average molecular weight is 511 g/mol. The molecule has 0 aromatic heterocycles. The van der Waals surface area contributed by atoms with Crippen LogP contribution in [0.15, 0.2) is 53.5 Å². The molecular formula is C23H34IN3O2. The first-order chi connectivity index (χ1) is 13.4. The van der Waals surface area contributed by atoms with Gasteiger partial charge in [0.1, 0.15) is 5.75 Å². The molecule has 0 saturated carbocycles. The molecule has 160 valence electrons. The molecule has 0 fully saturated rings. The number of rotatable bonds is 8. The van der Waals surface area contributed by atoms with Crippen molar-refractivity contribution in [2.45, 2.75) is 45.9 Å². The van der Waals surface area contributed by atoms with Gasteiger partial charge in [-0.1, -0.05) is 36.4 Å². The second-order valence-corrected chi connectivity index (χ2v) is 7.67. The smallest absolute Gasteiger partial charge is 0.191 e. The van der Waals surface area contributed by atoms with Gasteiger partial charge in [-0.15, -0.1) is 24.0 Å². The Morgan fingerprint density at radius 2 is 1.66 bits per heavy atom. The largest absolute Gasteiger partial charge is 0.497 e. The van der Waals surface area contributed by atoms with Crippen molar-refractivity contribution in [2.24, 2.45) is 4.99 Å². The molecule has 0 bridgehead atoms. The molecule has 0 radical (unpaired) electrons. The van der Waals surface area contributed by atoms with E-state index in [9.17, 15) is 0 Å². The Bertz CT molecular complexity index is 755. The Morgan fingerprint density at radius 3 is 2.28 bits per heavy atom. The number of ether oxygens (including phenoxy) is 2. The maximum absolute atomic E-state index is 5.86. The van der Waals surface area contributed by atoms with Crippen LogP contribution in [0.5, 0.6) is 5.75 Å². The van der Waals surface area contributed by atoms with E-state index in [4.69, 9.17) is 9.47 Å². The predicted octanol–water partition coefficient (Wildman–Crippen LogP) is 4.54. The van der Waals surface area contributed by atoms with Crippen LogP contribution in [0.3, 0.4) is 0 Å². The van der Waals surface area contributed by atoms with Gasteiger partial charge in [-0.3, -0.25) is 4.99 Å². The van der Waals surface area contributed by atoms with Gasteiger partial charge in [-0.2, -0.15) is 0 Å². The molecule has 0 aliphatic heterocycles. The van der Waals surface area contributed by atoms with Crippen molar-refractivity contribution in [3.8, 4) is 5.75 Å². The number of halogens is 1. The lowest BCUT2D eigenvalue weighted by Gasteiger charge is -2.19. The highest BCUT2D eigenvalue weighted by Crippen LogP contribution is 2.13. The summed E-state index contributed by atoms with van der Waals surface area (Å²) in [6, 6.07) is 16.6. The molecule has 2 aromatic carbocycles. The SMILES string of the molecule is CN=C(NCCc1ccc(OC)cc1)NCc1cccc(COC(C)(C)C)c1.I. The molecule has 2 rings (SSSR count). The number of nitrogens with zero attached hydrogens (tertiary/aromatic N) is 1. The fourth-order valence-corrected chi connectivity index (χ4v) is 2.65. The number of nitrogens with one attached hydrogen (secondary N) is 2. The maximum Gasteiger partial charge on any atom is 0.191 e. The summed E-state index contributed by atoms with van der Waals surface area (Å²) in [6.45, 7) is 8.35. The molecule has 0 amide bonds. The molecule has 0 heterocycles. The molecule has 0 atom stereocenters. The summed E-state index contributed by atoms with van der Waals surface area (Å²) in [5.74, 6) is 1.68. The molecule has 6 heteroatoms. The summed E-state index contributed by atoms with van der Waals surface area (Å²) in [5, 5.41) is 6.73. The van der Waals surface area contributed by atoms with Crippen LogP contribution in [0.2, 0.25) is 0 Å². The van der Waals surface area contributed by atoms with E-state index in [1.807, 2.05) is 12.1 Å². The van der Waals surface area contributed by atoms with Crippen LogP contribution in [-0.2, 0) is 24.3 Å². The normalized spacial score (nSPS) is 11.6. The minimum absolute atomic E-state index is 0. The van der Waals surface area contributed by atoms with Gasteiger partial charge in [0.25, 0.3) is 0 Å². The van der Waals surface area contributed by atoms with Crippen molar-refractivity contribution in [1.29, 1.82) is 0 Å². The first-order valence-corrected chi connectivity index (χ1v) is 9.69. The molecule has 5 nitrogen and oxygen atoms in total. The van der Waals surface area contributed by atoms with Crippen LogP contribution in [0, 0.1) is 0 Å². The highest BCUT2D eigenvalue weighted by molar-refractivity contribution is 14.0. The van der Waals surface area contributed by atoms with Gasteiger partial charge < -0.3 is 20.1 Å². The molecule has 0 saturated heterocycles. The Labute approximate surface area is 192 Å². The number of guanidine groups is 1. The molecule has 29 heavy (non-hydrogen) atoms. The zero-order valence-electron chi connectivity index (χ0n) is 18.1. The van der Waals surface area contributed by atoms with Crippen LogP contribution in [0.4, 0.5) is 0 Å². The monoisotopic (exact) mass is 511 g/mol. The quantitative estimate of drug-likeness (QED) is 0.311. The summed E-state index contributed by atoms with van der Waals surface area (Å²) >= 11 is 0. The fourth-order valence-electron chi connectivity index (χ4n) is 2.65. The fraction of sp³-hybridized carbons (Fsp3) is 0.435. The second kappa shape index (κ2) is 12.7. The Kier molecular flexibility index (Phi) is 11.0. The van der Waals surface area contributed by atoms with E-state index in [2.05, 4.69) is 72.8 Å². The van der Waals surface area contributed by atoms with Crippen LogP contribution in [0.25, 0.3) is 0 Å². The van der Waals surface area contributed by atoms with E-state index in [0.29, 0.717) is 13.2 Å². The number of methoxy groups -OCH3 is 1. The summed E-state index contributed by atoms with van der Waals surface area (Å²) in [7, 11) is 3.47. The van der Waals surface area contributed by atoms with E-state index in [-0.39, 0.29) is 29.6 Å². The van der Waals surface area contributed by atoms with Gasteiger partial charge in [-0.25, -0.2) is 0 Å². The number of aliphatic imine (C=N–C) groups is 1. The molecule has 0 aliphatic carbocycles. The van der Waals surface area contributed by atoms with Crippen molar-refractivity contribution in [2.75, 3.05) is 20.7 Å². The van der Waals surface area contributed by atoms with Gasteiger partial charge in [0.15, 0.2) is 5.96 Å². The lowest BCUT2D eigenvalue weighted by Crippen LogP contribution is -2.37. The summed E-state index contributed by atoms with van der Waals surface area (Å²) in [6.07, 6.45) is 0.921. The van der Waals surface area contributed by atoms with Gasteiger partial charge in [0.2, 0.25) is 0 Å². The highest BCUT2D eigenvalue weighted by atomic mass is 127. The third-order valence-corrected chi connectivity index (χ3v) is 4.21. The van der Waals surface area contributed by atoms with Gasteiger partial charge >= 0.3 is 0 Å². The van der Waals surface area contributed by atoms with Gasteiger partial charge in [0, 0.05) is 20.1 Å². The molecule has 2 aromatic rings. The molecule has 0 spiro atoms. The van der Waals surface area contributed by atoms with Gasteiger partial charge in [0.05, 0.1) is 19.3 Å². The number of hydrogen-bond donors (Lipinski definition) is 2. The third-order valence-electron chi connectivity index (χ3n) is 4.21. The first kappa shape index (κ1) is 25.2. The predicted molar refractivity (Wildman–Crippen MR) is 131 cm³/mol. The standard InChI is InChI=1S/C23H33N3O2.HI/c1-23(2,3)28-17-20-8-6-7-19(15-20)16-26-22(24-4)25-14-13-18-9-11-21(27-5)12-10-18;/h6-12,15H,13-14,16-17H2,1-5H3,(H2,24,25,26);1H. The van der Waals surface area contributed by atoms with Crippen LogP contribution >= 0.6 is 24.0 Å². The van der Waals surface area contributed by atoms with Crippen LogP contribution < -0.4 is 15.4 Å². The Hall–Kier alpha value is -1.80. The van der Waals surface area contributed by atoms with Gasteiger partial charge in [-0.05, 0) is 56.0 Å². The summed E-state index contributed by atoms with van der Waals surface area (Å²) in [4.78, 5) is 4.30. The minimum Gasteiger partial charge on any atom is -0.497 e. The lowest BCUT2D eigenvalue weighted by molar-refractivity contribution is -0.0149. The average Bonchev–Trinajstić information content (AvgIpc) is 2.69. The molecule has 2 N–H and O–H groups in total. The highest BCUT2D eigenvalue weighted by Gasteiger charge is 2.10. The maximum atomic E-state index is 5.86. The zero-order chi connectivity index (χ0) is 20.4. The van der Waals surface area contributed by atoms with E-state index < -0.39 is 0 Å². The van der Waals surface area contributed by atoms with Crippen molar-refractivity contribution in [1.82, 2.24) is 10.6 Å². The first-order valence-electron chi connectivity index (χ1n) is 9.69. The third kappa shape index (κ3) is 9.99. The van der Waals surface area contributed by atoms with Crippen molar-refractivity contribution in [3.63, 3.8) is 0 Å². The van der Waals surface area contributed by atoms with Crippen molar-refractivity contribution < 1.29 is 9.47 Å². The molecule has 0 unspecified atom stereocenters. The van der Waals surface area contributed by atoms with E-state index in [1.54, 1.807) is 14.2 Å². The van der Waals surface area contributed by atoms with E-state index >= 15 is 0 Å². The second-order valence-electron chi connectivity index (χ2n) is 7.67. The van der Waals surface area contributed by atoms with Crippen molar-refractivity contribution in [3.05, 3.63) is 65.2 Å². The summed E-state index contributed by atoms with van der Waals surface area (Å²) in [5.41, 5.74) is 3.50. The van der Waals surface area contributed by atoms with E-state index in [0.717, 1.165) is 24.7 Å². The Balaban J connectivity index is 0.00000420. The zero-order valence-corrected chi connectivity index (χ0v) is 20.4. The lowest BCUT2D eigenvalue weighted by atomic mass is 10.1. The minimum atomic E-state index is -0.135. The van der Waals surface area contributed by atoms with Crippen LogP contribution in [-0.4, -0.2) is 32.3 Å². The molecule has 0 aliphatic rings. The molecular weight excluding hydrogens is 477 g/mol. The number of hydrogen-bond acceptors (Lipinski definition) is 3. The number of benzene rings is 2. The summed E-state index contributed by atoms with van der Waals surface area (Å²) < 4.78 is 11.1. The van der Waals surface area contributed by atoms with Crippen molar-refractivity contribution >= 4 is 29.9 Å². The topological polar surface area (TPSA) is 54.9 Å². The van der Waals surface area contributed by atoms with Crippen LogP contribution in [0.1, 0.15) is 37.5 Å².